The number of halogens is 1. The molecule has 10 heteroatoms. The zero-order valence-electron chi connectivity index (χ0n) is 17.1. The van der Waals surface area contributed by atoms with Crippen LogP contribution in [-0.2, 0) is 14.8 Å². The minimum atomic E-state index is -3.80. The molecule has 2 aromatic rings. The van der Waals surface area contributed by atoms with Crippen LogP contribution < -0.4 is 10.1 Å². The minimum Gasteiger partial charge on any atom is -0.479 e. The van der Waals surface area contributed by atoms with Crippen molar-refractivity contribution in [3.8, 4) is 5.75 Å². The predicted molar refractivity (Wildman–Crippen MR) is 116 cm³/mol. The molecule has 4 rings (SSSR count). The molecule has 31 heavy (non-hydrogen) atoms. The van der Waals surface area contributed by atoms with Crippen LogP contribution in [0, 0.1) is 6.92 Å². The monoisotopic (exact) mass is 463 g/mol. The van der Waals surface area contributed by atoms with E-state index in [-0.39, 0.29) is 42.9 Å². The van der Waals surface area contributed by atoms with Gasteiger partial charge in [0.15, 0.2) is 6.10 Å². The summed E-state index contributed by atoms with van der Waals surface area (Å²) in [6.45, 7) is 4.19. The van der Waals surface area contributed by atoms with E-state index in [0.717, 1.165) is 0 Å². The first kappa shape index (κ1) is 21.6. The third kappa shape index (κ3) is 4.13. The predicted octanol–water partition coefficient (Wildman–Crippen LogP) is 2.51. The van der Waals surface area contributed by atoms with Crippen molar-refractivity contribution in [1.29, 1.82) is 0 Å². The molecule has 2 aliphatic heterocycles. The summed E-state index contributed by atoms with van der Waals surface area (Å²) in [7, 11) is -3.80. The van der Waals surface area contributed by atoms with Crippen molar-refractivity contribution in [3.05, 3.63) is 52.5 Å². The number of piperazine rings is 1. The fraction of sp³-hybridized carbons (Fsp3) is 0.333. The van der Waals surface area contributed by atoms with Gasteiger partial charge in [0.05, 0.1) is 10.6 Å². The van der Waals surface area contributed by atoms with Crippen molar-refractivity contribution < 1.29 is 22.7 Å². The number of rotatable bonds is 3. The summed E-state index contributed by atoms with van der Waals surface area (Å²) in [4.78, 5) is 26.3. The SMILES string of the molecule is Cc1cc2c(cc1S(=O)(=O)N1CCN(C(=O)c3cccc(Cl)c3)CC1)O[C@H](C)C(=O)N2. The van der Waals surface area contributed by atoms with E-state index in [1.165, 1.54) is 10.4 Å². The number of carbonyl (C=O) groups is 2. The molecule has 1 atom stereocenters. The van der Waals surface area contributed by atoms with E-state index in [1.807, 2.05) is 0 Å². The van der Waals surface area contributed by atoms with Crippen LogP contribution in [-0.4, -0.2) is 61.7 Å². The molecule has 2 heterocycles. The summed E-state index contributed by atoms with van der Waals surface area (Å²) < 4.78 is 33.5. The third-order valence-corrected chi connectivity index (χ3v) is 7.70. The lowest BCUT2D eigenvalue weighted by atomic mass is 10.1. The number of anilines is 1. The van der Waals surface area contributed by atoms with E-state index in [2.05, 4.69) is 5.32 Å². The second-order valence-corrected chi connectivity index (χ2v) is 9.91. The Kier molecular flexibility index (Phi) is 5.67. The van der Waals surface area contributed by atoms with Crippen LogP contribution in [0.2, 0.25) is 5.02 Å². The average molecular weight is 464 g/mol. The first-order chi connectivity index (χ1) is 14.7. The highest BCUT2D eigenvalue weighted by Crippen LogP contribution is 2.35. The molecule has 0 aromatic heterocycles. The number of fused-ring (bicyclic) bond motifs is 1. The Hall–Kier alpha value is -2.62. The highest BCUT2D eigenvalue weighted by molar-refractivity contribution is 7.89. The molecule has 1 N–H and O–H groups in total. The molecular weight excluding hydrogens is 442 g/mol. The van der Waals surface area contributed by atoms with Crippen LogP contribution >= 0.6 is 11.6 Å². The summed E-state index contributed by atoms with van der Waals surface area (Å²) in [5.74, 6) is -0.128. The molecule has 2 aromatic carbocycles. The van der Waals surface area contributed by atoms with Gasteiger partial charge in [0.2, 0.25) is 10.0 Å². The van der Waals surface area contributed by atoms with Gasteiger partial charge in [-0.1, -0.05) is 17.7 Å². The van der Waals surface area contributed by atoms with E-state index in [4.69, 9.17) is 16.3 Å². The van der Waals surface area contributed by atoms with E-state index in [0.29, 0.717) is 27.6 Å². The lowest BCUT2D eigenvalue weighted by molar-refractivity contribution is -0.122. The Bertz CT molecular complexity index is 1160. The molecule has 0 radical (unpaired) electrons. The summed E-state index contributed by atoms with van der Waals surface area (Å²) in [6, 6.07) is 9.75. The van der Waals surface area contributed by atoms with Crippen LogP contribution in [0.15, 0.2) is 41.3 Å². The van der Waals surface area contributed by atoms with Gasteiger partial charge in [-0.15, -0.1) is 0 Å². The lowest BCUT2D eigenvalue weighted by Gasteiger charge is -2.34. The molecule has 0 aliphatic carbocycles. The van der Waals surface area contributed by atoms with Gasteiger partial charge in [-0.3, -0.25) is 9.59 Å². The number of aryl methyl sites for hydroxylation is 1. The van der Waals surface area contributed by atoms with Crippen LogP contribution in [0.25, 0.3) is 0 Å². The topological polar surface area (TPSA) is 96.0 Å². The molecular formula is C21H22ClN3O5S. The minimum absolute atomic E-state index is 0.129. The Morgan fingerprint density at radius 1 is 1.16 bits per heavy atom. The molecule has 2 amide bonds. The second-order valence-electron chi connectivity index (χ2n) is 7.57. The van der Waals surface area contributed by atoms with Crippen molar-refractivity contribution in [2.75, 3.05) is 31.5 Å². The van der Waals surface area contributed by atoms with Gasteiger partial charge in [0, 0.05) is 42.8 Å². The summed E-state index contributed by atoms with van der Waals surface area (Å²) in [6.07, 6.45) is -0.702. The normalized spacial score (nSPS) is 19.4. The average Bonchev–Trinajstić information content (AvgIpc) is 2.74. The van der Waals surface area contributed by atoms with Crippen molar-refractivity contribution in [3.63, 3.8) is 0 Å². The van der Waals surface area contributed by atoms with Gasteiger partial charge in [0.1, 0.15) is 5.75 Å². The van der Waals surface area contributed by atoms with E-state index < -0.39 is 16.1 Å². The first-order valence-electron chi connectivity index (χ1n) is 9.84. The lowest BCUT2D eigenvalue weighted by Crippen LogP contribution is -2.50. The van der Waals surface area contributed by atoms with Crippen LogP contribution in [0.4, 0.5) is 5.69 Å². The van der Waals surface area contributed by atoms with E-state index >= 15 is 0 Å². The number of carbonyl (C=O) groups excluding carboxylic acids is 2. The molecule has 0 unspecified atom stereocenters. The quantitative estimate of drug-likeness (QED) is 0.754. The van der Waals surface area contributed by atoms with Gasteiger partial charge in [-0.2, -0.15) is 4.31 Å². The zero-order chi connectivity index (χ0) is 22.3. The number of sulfonamides is 1. The van der Waals surface area contributed by atoms with Gasteiger partial charge >= 0.3 is 0 Å². The number of benzene rings is 2. The van der Waals surface area contributed by atoms with Crippen molar-refractivity contribution in [2.45, 2.75) is 24.8 Å². The number of nitrogens with one attached hydrogen (secondary N) is 1. The molecule has 1 saturated heterocycles. The number of ether oxygens (including phenoxy) is 1. The maximum absolute atomic E-state index is 13.3. The first-order valence-corrected chi connectivity index (χ1v) is 11.7. The molecule has 2 aliphatic rings. The van der Waals surface area contributed by atoms with E-state index in [9.17, 15) is 18.0 Å². The summed E-state index contributed by atoms with van der Waals surface area (Å²) in [5.41, 5.74) is 1.44. The fourth-order valence-electron chi connectivity index (χ4n) is 3.70. The molecule has 0 saturated carbocycles. The van der Waals surface area contributed by atoms with E-state index in [1.54, 1.807) is 49.1 Å². The maximum atomic E-state index is 13.3. The van der Waals surface area contributed by atoms with Gasteiger partial charge in [0.25, 0.3) is 11.8 Å². The maximum Gasteiger partial charge on any atom is 0.265 e. The molecule has 0 bridgehead atoms. The van der Waals surface area contributed by atoms with Crippen molar-refractivity contribution in [2.24, 2.45) is 0 Å². The van der Waals surface area contributed by atoms with Crippen LogP contribution in [0.5, 0.6) is 5.75 Å². The van der Waals surface area contributed by atoms with Gasteiger partial charge in [-0.05, 0) is 43.7 Å². The summed E-state index contributed by atoms with van der Waals surface area (Å²) in [5, 5.41) is 3.20. The van der Waals surface area contributed by atoms with Crippen LogP contribution in [0.1, 0.15) is 22.8 Å². The number of hydrogen-bond donors (Lipinski definition) is 1. The van der Waals surface area contributed by atoms with Crippen molar-refractivity contribution in [1.82, 2.24) is 9.21 Å². The number of nitrogens with zero attached hydrogens (tertiary/aromatic N) is 2. The Balaban J connectivity index is 1.51. The highest BCUT2D eigenvalue weighted by Gasteiger charge is 2.33. The third-order valence-electron chi connectivity index (χ3n) is 5.42. The zero-order valence-corrected chi connectivity index (χ0v) is 18.7. The Morgan fingerprint density at radius 2 is 1.87 bits per heavy atom. The van der Waals surface area contributed by atoms with Crippen LogP contribution in [0.3, 0.4) is 0 Å². The molecule has 164 valence electrons. The highest BCUT2D eigenvalue weighted by atomic mass is 35.5. The van der Waals surface area contributed by atoms with Gasteiger partial charge < -0.3 is 15.0 Å². The molecule has 8 nitrogen and oxygen atoms in total. The Morgan fingerprint density at radius 3 is 2.55 bits per heavy atom. The second kappa shape index (κ2) is 8.14. The van der Waals surface area contributed by atoms with Crippen molar-refractivity contribution >= 4 is 39.1 Å². The number of amides is 2. The molecule has 0 spiro atoms. The standard InChI is InChI=1S/C21H22ClN3O5S/c1-13-10-17-18(30-14(2)20(26)23-17)12-19(13)31(28,29)25-8-6-24(7-9-25)21(27)15-4-3-5-16(22)11-15/h3-5,10-12,14H,6-9H2,1-2H3,(H,23,26)/t14-/m1/s1. The number of hydrogen-bond acceptors (Lipinski definition) is 5. The smallest absolute Gasteiger partial charge is 0.265 e. The summed E-state index contributed by atoms with van der Waals surface area (Å²) >= 11 is 5.97. The van der Waals surface area contributed by atoms with Gasteiger partial charge in [-0.25, -0.2) is 8.42 Å². The fourth-order valence-corrected chi connectivity index (χ4v) is 5.53. The molecule has 1 fully saturated rings. The largest absolute Gasteiger partial charge is 0.479 e. The Labute approximate surface area is 185 Å².